The maximum Gasteiger partial charge on any atom is 0.328 e. The first kappa shape index (κ1) is 17.7. The third-order valence-corrected chi connectivity index (χ3v) is 3.43. The van der Waals surface area contributed by atoms with Gasteiger partial charge in [-0.3, -0.25) is 9.59 Å². The Labute approximate surface area is 130 Å². The average Bonchev–Trinajstić information content (AvgIpc) is 2.56. The molecule has 6 nitrogen and oxygen atoms in total. The number of nitrogens with one attached hydrogen (secondary N) is 2. The van der Waals surface area contributed by atoms with Gasteiger partial charge in [0.1, 0.15) is 6.04 Å². The third kappa shape index (κ3) is 5.20. The fourth-order valence-electron chi connectivity index (χ4n) is 1.87. The minimum absolute atomic E-state index is 0.0544. The maximum atomic E-state index is 11.9. The summed E-state index contributed by atoms with van der Waals surface area (Å²) in [6.45, 7) is 3.58. The fourth-order valence-corrected chi connectivity index (χ4v) is 1.87. The molecule has 120 valence electrons. The third-order valence-electron chi connectivity index (χ3n) is 3.43. The van der Waals surface area contributed by atoms with Crippen LogP contribution in [0.25, 0.3) is 0 Å². The molecule has 22 heavy (non-hydrogen) atoms. The van der Waals surface area contributed by atoms with E-state index in [4.69, 9.17) is 4.74 Å². The summed E-state index contributed by atoms with van der Waals surface area (Å²) in [5.74, 6) is -1.31. The summed E-state index contributed by atoms with van der Waals surface area (Å²) in [5, 5.41) is 5.11. The van der Waals surface area contributed by atoms with Gasteiger partial charge < -0.3 is 15.4 Å². The van der Waals surface area contributed by atoms with Crippen LogP contribution in [-0.4, -0.2) is 37.5 Å². The largest absolute Gasteiger partial charge is 0.467 e. The molecule has 1 aromatic carbocycles. The number of amides is 2. The Morgan fingerprint density at radius 2 is 1.82 bits per heavy atom. The summed E-state index contributed by atoms with van der Waals surface area (Å²) in [6.07, 6.45) is 0.719. The van der Waals surface area contributed by atoms with Crippen LogP contribution in [0, 0.1) is 5.92 Å². The smallest absolute Gasteiger partial charge is 0.328 e. The quantitative estimate of drug-likeness (QED) is 0.739. The SMILES string of the molecule is CC[C@@H](C)[C@H](NC(=O)CNC(=O)c1ccccc1)C(=O)OC. The van der Waals surface area contributed by atoms with Crippen molar-refractivity contribution in [3.8, 4) is 0 Å². The summed E-state index contributed by atoms with van der Waals surface area (Å²) >= 11 is 0. The van der Waals surface area contributed by atoms with Gasteiger partial charge in [-0.15, -0.1) is 0 Å². The molecule has 2 N–H and O–H groups in total. The molecule has 0 aliphatic carbocycles. The molecule has 0 bridgehead atoms. The van der Waals surface area contributed by atoms with Crippen LogP contribution in [0.5, 0.6) is 0 Å². The maximum absolute atomic E-state index is 11.9. The fraction of sp³-hybridized carbons (Fsp3) is 0.438. The van der Waals surface area contributed by atoms with E-state index < -0.39 is 17.9 Å². The van der Waals surface area contributed by atoms with Gasteiger partial charge in [0, 0.05) is 5.56 Å². The van der Waals surface area contributed by atoms with Gasteiger partial charge in [0.05, 0.1) is 13.7 Å². The van der Waals surface area contributed by atoms with Gasteiger partial charge in [-0.05, 0) is 18.1 Å². The Morgan fingerprint density at radius 1 is 1.18 bits per heavy atom. The van der Waals surface area contributed by atoms with Gasteiger partial charge in [0.2, 0.25) is 5.91 Å². The normalized spacial score (nSPS) is 12.9. The van der Waals surface area contributed by atoms with Crippen molar-refractivity contribution >= 4 is 17.8 Å². The molecule has 0 radical (unpaired) electrons. The van der Waals surface area contributed by atoms with Crippen LogP contribution in [0.3, 0.4) is 0 Å². The first-order valence-electron chi connectivity index (χ1n) is 7.20. The topological polar surface area (TPSA) is 84.5 Å². The summed E-state index contributed by atoms with van der Waals surface area (Å²) < 4.78 is 4.69. The Bertz CT molecular complexity index is 516. The molecule has 0 aliphatic heterocycles. The first-order valence-corrected chi connectivity index (χ1v) is 7.20. The number of methoxy groups -OCH3 is 1. The van der Waals surface area contributed by atoms with Crippen LogP contribution >= 0.6 is 0 Å². The van der Waals surface area contributed by atoms with Gasteiger partial charge in [0.25, 0.3) is 5.91 Å². The Kier molecular flexibility index (Phi) is 7.08. The van der Waals surface area contributed by atoms with Crippen LogP contribution in [-0.2, 0) is 14.3 Å². The zero-order valence-electron chi connectivity index (χ0n) is 13.1. The van der Waals surface area contributed by atoms with E-state index in [0.29, 0.717) is 5.56 Å². The zero-order chi connectivity index (χ0) is 16.5. The highest BCUT2D eigenvalue weighted by atomic mass is 16.5. The average molecular weight is 306 g/mol. The molecule has 0 unspecified atom stereocenters. The number of hydrogen-bond acceptors (Lipinski definition) is 4. The van der Waals surface area contributed by atoms with Crippen LogP contribution in [0.15, 0.2) is 30.3 Å². The van der Waals surface area contributed by atoms with Gasteiger partial charge in [-0.2, -0.15) is 0 Å². The summed E-state index contributed by atoms with van der Waals surface area (Å²) in [4.78, 5) is 35.4. The Morgan fingerprint density at radius 3 is 2.36 bits per heavy atom. The second kappa shape index (κ2) is 8.81. The zero-order valence-corrected chi connectivity index (χ0v) is 13.1. The molecule has 0 heterocycles. The predicted molar refractivity (Wildman–Crippen MR) is 82.2 cm³/mol. The standard InChI is InChI=1S/C16H22N2O4/c1-4-11(2)14(16(21)22-3)18-13(19)10-17-15(20)12-8-6-5-7-9-12/h5-9,11,14H,4,10H2,1-3H3,(H,17,20)(H,18,19)/t11-,14+/m1/s1. The molecule has 0 spiro atoms. The van der Waals surface area contributed by atoms with Gasteiger partial charge in [-0.1, -0.05) is 38.5 Å². The van der Waals surface area contributed by atoms with E-state index >= 15 is 0 Å². The monoisotopic (exact) mass is 306 g/mol. The highest BCUT2D eigenvalue weighted by molar-refractivity contribution is 5.96. The molecule has 0 saturated heterocycles. The summed E-state index contributed by atoms with van der Waals surface area (Å²) in [7, 11) is 1.28. The molecule has 6 heteroatoms. The lowest BCUT2D eigenvalue weighted by Crippen LogP contribution is -2.49. The van der Waals surface area contributed by atoms with E-state index in [-0.39, 0.29) is 18.4 Å². The summed E-state index contributed by atoms with van der Waals surface area (Å²) in [5.41, 5.74) is 0.474. The number of benzene rings is 1. The number of carbonyl (C=O) groups is 3. The first-order chi connectivity index (χ1) is 10.5. The van der Waals surface area contributed by atoms with Crippen molar-refractivity contribution in [3.05, 3.63) is 35.9 Å². The summed E-state index contributed by atoms with van der Waals surface area (Å²) in [6, 6.07) is 7.89. The molecule has 0 saturated carbocycles. The van der Waals surface area contributed by atoms with Gasteiger partial charge in [-0.25, -0.2) is 4.79 Å². The molecule has 2 atom stereocenters. The number of hydrogen-bond donors (Lipinski definition) is 2. The molecular weight excluding hydrogens is 284 g/mol. The van der Waals surface area contributed by atoms with Gasteiger partial charge in [0.15, 0.2) is 0 Å². The van der Waals surface area contributed by atoms with Crippen LogP contribution in [0.1, 0.15) is 30.6 Å². The van der Waals surface area contributed by atoms with Crippen LogP contribution in [0.2, 0.25) is 0 Å². The molecule has 1 aromatic rings. The van der Waals surface area contributed by atoms with E-state index in [0.717, 1.165) is 6.42 Å². The van der Waals surface area contributed by atoms with E-state index in [2.05, 4.69) is 10.6 Å². The second-order valence-corrected chi connectivity index (χ2v) is 5.00. The van der Waals surface area contributed by atoms with E-state index in [1.165, 1.54) is 7.11 Å². The van der Waals surface area contributed by atoms with Crippen LogP contribution in [0.4, 0.5) is 0 Å². The number of esters is 1. The Hall–Kier alpha value is -2.37. The molecular formula is C16H22N2O4. The molecule has 0 aromatic heterocycles. The minimum Gasteiger partial charge on any atom is -0.467 e. The van der Waals surface area contributed by atoms with Crippen molar-refractivity contribution < 1.29 is 19.1 Å². The predicted octanol–water partition coefficient (Wildman–Crippen LogP) is 1.12. The van der Waals surface area contributed by atoms with Crippen molar-refractivity contribution in [1.29, 1.82) is 0 Å². The van der Waals surface area contributed by atoms with Gasteiger partial charge >= 0.3 is 5.97 Å². The van der Waals surface area contributed by atoms with E-state index in [9.17, 15) is 14.4 Å². The number of ether oxygens (including phenoxy) is 1. The van der Waals surface area contributed by atoms with Crippen molar-refractivity contribution in [2.45, 2.75) is 26.3 Å². The van der Waals surface area contributed by atoms with Crippen LogP contribution < -0.4 is 10.6 Å². The Balaban J connectivity index is 2.54. The van der Waals surface area contributed by atoms with Crippen molar-refractivity contribution in [1.82, 2.24) is 10.6 Å². The molecule has 0 aliphatic rings. The highest BCUT2D eigenvalue weighted by Gasteiger charge is 2.26. The van der Waals surface area contributed by atoms with E-state index in [1.807, 2.05) is 13.8 Å². The second-order valence-electron chi connectivity index (χ2n) is 5.00. The number of carbonyl (C=O) groups excluding carboxylic acids is 3. The molecule has 0 fully saturated rings. The molecule has 1 rings (SSSR count). The number of rotatable bonds is 7. The van der Waals surface area contributed by atoms with Crippen molar-refractivity contribution in [2.75, 3.05) is 13.7 Å². The minimum atomic E-state index is -0.712. The lowest BCUT2D eigenvalue weighted by atomic mass is 9.99. The highest BCUT2D eigenvalue weighted by Crippen LogP contribution is 2.09. The lowest BCUT2D eigenvalue weighted by molar-refractivity contribution is -0.146. The molecule has 2 amide bonds. The lowest BCUT2D eigenvalue weighted by Gasteiger charge is -2.21. The van der Waals surface area contributed by atoms with Crippen molar-refractivity contribution in [3.63, 3.8) is 0 Å². The van der Waals surface area contributed by atoms with Crippen molar-refractivity contribution in [2.24, 2.45) is 5.92 Å². The van der Waals surface area contributed by atoms with E-state index in [1.54, 1.807) is 30.3 Å².